The van der Waals surface area contributed by atoms with Gasteiger partial charge in [0.2, 0.25) is 0 Å². The van der Waals surface area contributed by atoms with Crippen LogP contribution < -0.4 is 11.1 Å². The SMILES string of the molecule is Cc1cccc(NC(=O)c2cc(Cl)ncc2N)c1C. The van der Waals surface area contributed by atoms with E-state index in [2.05, 4.69) is 10.3 Å². The van der Waals surface area contributed by atoms with E-state index in [-0.39, 0.29) is 11.1 Å². The molecule has 0 fully saturated rings. The molecule has 0 aliphatic rings. The van der Waals surface area contributed by atoms with Crippen molar-refractivity contribution in [2.45, 2.75) is 13.8 Å². The molecule has 0 unspecified atom stereocenters. The summed E-state index contributed by atoms with van der Waals surface area (Å²) in [6.07, 6.45) is 1.38. The number of carbonyl (C=O) groups is 1. The minimum Gasteiger partial charge on any atom is -0.397 e. The summed E-state index contributed by atoms with van der Waals surface area (Å²) in [7, 11) is 0. The van der Waals surface area contributed by atoms with Gasteiger partial charge >= 0.3 is 0 Å². The quantitative estimate of drug-likeness (QED) is 0.827. The van der Waals surface area contributed by atoms with Crippen LogP contribution in [0.25, 0.3) is 0 Å². The fraction of sp³-hybridized carbons (Fsp3) is 0.143. The van der Waals surface area contributed by atoms with Crippen molar-refractivity contribution in [2.24, 2.45) is 0 Å². The van der Waals surface area contributed by atoms with E-state index >= 15 is 0 Å². The van der Waals surface area contributed by atoms with E-state index in [1.54, 1.807) is 0 Å². The maximum atomic E-state index is 12.2. The number of halogens is 1. The number of anilines is 2. The topological polar surface area (TPSA) is 68.0 Å². The Morgan fingerprint density at radius 3 is 2.84 bits per heavy atom. The molecule has 2 rings (SSSR count). The Morgan fingerprint density at radius 1 is 1.37 bits per heavy atom. The maximum Gasteiger partial charge on any atom is 0.257 e. The van der Waals surface area contributed by atoms with E-state index in [0.29, 0.717) is 11.3 Å². The maximum absolute atomic E-state index is 12.2. The first kappa shape index (κ1) is 13.4. The molecule has 0 atom stereocenters. The lowest BCUT2D eigenvalue weighted by Crippen LogP contribution is -2.15. The molecule has 0 saturated heterocycles. The molecule has 0 radical (unpaired) electrons. The van der Waals surface area contributed by atoms with Crippen LogP contribution >= 0.6 is 11.6 Å². The molecule has 0 bridgehead atoms. The Hall–Kier alpha value is -2.07. The number of amides is 1. The van der Waals surface area contributed by atoms with Gasteiger partial charge in [-0.25, -0.2) is 4.98 Å². The predicted molar refractivity (Wildman–Crippen MR) is 77.5 cm³/mol. The van der Waals surface area contributed by atoms with Crippen molar-refractivity contribution in [3.05, 3.63) is 52.3 Å². The van der Waals surface area contributed by atoms with Crippen LogP contribution in [-0.2, 0) is 0 Å². The largest absolute Gasteiger partial charge is 0.397 e. The van der Waals surface area contributed by atoms with Crippen molar-refractivity contribution < 1.29 is 4.79 Å². The van der Waals surface area contributed by atoms with Crippen molar-refractivity contribution in [1.29, 1.82) is 0 Å². The second-order valence-corrected chi connectivity index (χ2v) is 4.68. The number of nitrogen functional groups attached to an aromatic ring is 1. The molecule has 0 aliphatic heterocycles. The third-order valence-electron chi connectivity index (χ3n) is 3.00. The number of hydrogen-bond acceptors (Lipinski definition) is 3. The van der Waals surface area contributed by atoms with Gasteiger partial charge in [-0.3, -0.25) is 4.79 Å². The van der Waals surface area contributed by atoms with Gasteiger partial charge in [-0.2, -0.15) is 0 Å². The number of rotatable bonds is 2. The van der Waals surface area contributed by atoms with Gasteiger partial charge in [0.25, 0.3) is 5.91 Å². The molecular weight excluding hydrogens is 262 g/mol. The van der Waals surface area contributed by atoms with Gasteiger partial charge in [0.1, 0.15) is 5.15 Å². The van der Waals surface area contributed by atoms with Gasteiger partial charge in [0, 0.05) is 5.69 Å². The number of hydrogen-bond donors (Lipinski definition) is 2. The number of nitrogens with zero attached hydrogens (tertiary/aromatic N) is 1. The summed E-state index contributed by atoms with van der Waals surface area (Å²) in [6.45, 7) is 3.94. The number of aryl methyl sites for hydroxylation is 1. The molecule has 0 aliphatic carbocycles. The van der Waals surface area contributed by atoms with E-state index < -0.39 is 0 Å². The monoisotopic (exact) mass is 275 g/mol. The summed E-state index contributed by atoms with van der Waals surface area (Å²) in [5.41, 5.74) is 9.24. The lowest BCUT2D eigenvalue weighted by molar-refractivity contribution is 0.102. The van der Waals surface area contributed by atoms with Crippen LogP contribution in [-0.4, -0.2) is 10.9 Å². The van der Waals surface area contributed by atoms with E-state index in [1.165, 1.54) is 12.3 Å². The van der Waals surface area contributed by atoms with Crippen LogP contribution in [0.3, 0.4) is 0 Å². The Kier molecular flexibility index (Phi) is 3.71. The summed E-state index contributed by atoms with van der Waals surface area (Å²) < 4.78 is 0. The molecule has 2 aromatic rings. The average molecular weight is 276 g/mol. The van der Waals surface area contributed by atoms with Gasteiger partial charge in [-0.05, 0) is 37.1 Å². The Morgan fingerprint density at radius 2 is 2.11 bits per heavy atom. The smallest absolute Gasteiger partial charge is 0.257 e. The van der Waals surface area contributed by atoms with Crippen LogP contribution in [0.2, 0.25) is 5.15 Å². The molecule has 98 valence electrons. The molecule has 0 spiro atoms. The van der Waals surface area contributed by atoms with E-state index in [4.69, 9.17) is 17.3 Å². The third-order valence-corrected chi connectivity index (χ3v) is 3.21. The first-order chi connectivity index (χ1) is 8.99. The minimum absolute atomic E-state index is 0.236. The number of nitrogens with one attached hydrogen (secondary N) is 1. The van der Waals surface area contributed by atoms with Gasteiger partial charge in [0.05, 0.1) is 17.4 Å². The molecule has 0 saturated carbocycles. The van der Waals surface area contributed by atoms with Crippen LogP contribution in [0.1, 0.15) is 21.5 Å². The van der Waals surface area contributed by atoms with Crippen molar-refractivity contribution in [3.8, 4) is 0 Å². The number of carbonyl (C=O) groups excluding carboxylic acids is 1. The van der Waals surface area contributed by atoms with Crippen LogP contribution in [0.15, 0.2) is 30.5 Å². The highest BCUT2D eigenvalue weighted by molar-refractivity contribution is 6.30. The van der Waals surface area contributed by atoms with Crippen molar-refractivity contribution in [3.63, 3.8) is 0 Å². The standard InChI is InChI=1S/C14H14ClN3O/c1-8-4-3-5-12(9(8)2)18-14(19)10-6-13(15)17-7-11(10)16/h3-7H,16H2,1-2H3,(H,18,19). The number of pyridine rings is 1. The molecule has 4 nitrogen and oxygen atoms in total. The second-order valence-electron chi connectivity index (χ2n) is 4.30. The zero-order valence-corrected chi connectivity index (χ0v) is 11.5. The zero-order chi connectivity index (χ0) is 14.0. The average Bonchev–Trinajstić information content (AvgIpc) is 2.38. The Balaban J connectivity index is 2.31. The molecular formula is C14H14ClN3O. The molecule has 1 heterocycles. The number of benzene rings is 1. The first-order valence-corrected chi connectivity index (χ1v) is 6.15. The highest BCUT2D eigenvalue weighted by Crippen LogP contribution is 2.21. The van der Waals surface area contributed by atoms with Crippen LogP contribution in [0.5, 0.6) is 0 Å². The van der Waals surface area contributed by atoms with E-state index in [0.717, 1.165) is 16.8 Å². The lowest BCUT2D eigenvalue weighted by atomic mass is 10.1. The zero-order valence-electron chi connectivity index (χ0n) is 10.7. The highest BCUT2D eigenvalue weighted by atomic mass is 35.5. The lowest BCUT2D eigenvalue weighted by Gasteiger charge is -2.11. The highest BCUT2D eigenvalue weighted by Gasteiger charge is 2.12. The van der Waals surface area contributed by atoms with Crippen LogP contribution in [0, 0.1) is 13.8 Å². The third kappa shape index (κ3) is 2.85. The normalized spacial score (nSPS) is 10.3. The molecule has 1 aromatic heterocycles. The predicted octanol–water partition coefficient (Wildman–Crippen LogP) is 3.19. The van der Waals surface area contributed by atoms with Gasteiger partial charge in [0.15, 0.2) is 0 Å². The first-order valence-electron chi connectivity index (χ1n) is 5.77. The molecule has 5 heteroatoms. The number of aromatic nitrogens is 1. The van der Waals surface area contributed by atoms with Crippen molar-refractivity contribution >= 4 is 28.9 Å². The van der Waals surface area contributed by atoms with Gasteiger partial charge in [-0.1, -0.05) is 23.7 Å². The summed E-state index contributed by atoms with van der Waals surface area (Å²) >= 11 is 5.77. The van der Waals surface area contributed by atoms with E-state index in [9.17, 15) is 4.79 Å². The Bertz CT molecular complexity index is 641. The fourth-order valence-corrected chi connectivity index (χ4v) is 1.87. The molecule has 1 amide bonds. The molecule has 3 N–H and O–H groups in total. The van der Waals surface area contributed by atoms with Crippen molar-refractivity contribution in [2.75, 3.05) is 11.1 Å². The number of nitrogens with two attached hydrogens (primary N) is 1. The van der Waals surface area contributed by atoms with Crippen LogP contribution in [0.4, 0.5) is 11.4 Å². The van der Waals surface area contributed by atoms with Gasteiger partial charge < -0.3 is 11.1 Å². The van der Waals surface area contributed by atoms with Gasteiger partial charge in [-0.15, -0.1) is 0 Å². The molecule has 1 aromatic carbocycles. The van der Waals surface area contributed by atoms with Crippen molar-refractivity contribution in [1.82, 2.24) is 4.98 Å². The fourth-order valence-electron chi connectivity index (χ4n) is 1.71. The Labute approximate surface area is 116 Å². The summed E-state index contributed by atoms with van der Waals surface area (Å²) in [6, 6.07) is 7.18. The summed E-state index contributed by atoms with van der Waals surface area (Å²) in [4.78, 5) is 16.0. The summed E-state index contributed by atoms with van der Waals surface area (Å²) in [5, 5.41) is 3.07. The summed E-state index contributed by atoms with van der Waals surface area (Å²) in [5.74, 6) is -0.296. The molecule has 19 heavy (non-hydrogen) atoms. The van der Waals surface area contributed by atoms with E-state index in [1.807, 2.05) is 32.0 Å². The minimum atomic E-state index is -0.296. The second kappa shape index (κ2) is 5.28.